The summed E-state index contributed by atoms with van der Waals surface area (Å²) in [6.45, 7) is 5.51. The highest BCUT2D eigenvalue weighted by atomic mass is 35.5. The number of hydrogen-bond donors (Lipinski definition) is 1. The molecule has 7 heteroatoms. The van der Waals surface area contributed by atoms with Gasteiger partial charge in [0, 0.05) is 24.9 Å². The first kappa shape index (κ1) is 19.3. The van der Waals surface area contributed by atoms with Crippen LogP contribution in [-0.4, -0.2) is 33.7 Å². The summed E-state index contributed by atoms with van der Waals surface area (Å²) >= 11 is 12.4. The zero-order chi connectivity index (χ0) is 19.8. The van der Waals surface area contributed by atoms with Crippen LogP contribution in [0.3, 0.4) is 0 Å². The van der Waals surface area contributed by atoms with Gasteiger partial charge in [-0.1, -0.05) is 42.1 Å². The molecule has 0 aliphatic carbocycles. The van der Waals surface area contributed by atoms with Gasteiger partial charge in [-0.25, -0.2) is 4.68 Å². The van der Waals surface area contributed by atoms with Gasteiger partial charge in [0.2, 0.25) is 0 Å². The average molecular weight is 419 g/mol. The number of benzene rings is 1. The summed E-state index contributed by atoms with van der Waals surface area (Å²) in [4.78, 5) is 15.6. The van der Waals surface area contributed by atoms with E-state index in [0.717, 1.165) is 54.3 Å². The highest BCUT2D eigenvalue weighted by Crippen LogP contribution is 2.39. The summed E-state index contributed by atoms with van der Waals surface area (Å²) in [5.74, 6) is 0.945. The Morgan fingerprint density at radius 2 is 1.79 bits per heavy atom. The van der Waals surface area contributed by atoms with Crippen LogP contribution in [0.1, 0.15) is 49.9 Å². The fraction of sp³-hybridized carbons (Fsp3) is 0.429. The van der Waals surface area contributed by atoms with Crippen molar-refractivity contribution in [2.45, 2.75) is 45.6 Å². The predicted octanol–water partition coefficient (Wildman–Crippen LogP) is 5.19. The van der Waals surface area contributed by atoms with Gasteiger partial charge in [-0.05, 0) is 44.4 Å². The largest absolute Gasteiger partial charge is 0.344 e. The van der Waals surface area contributed by atoms with Crippen LogP contribution in [0.4, 0.5) is 5.82 Å². The highest BCUT2D eigenvalue weighted by Gasteiger charge is 2.35. The Labute approximate surface area is 175 Å². The van der Waals surface area contributed by atoms with E-state index >= 15 is 0 Å². The first-order valence-corrected chi connectivity index (χ1v) is 10.5. The molecule has 0 saturated carbocycles. The molecule has 0 spiro atoms. The maximum absolute atomic E-state index is 13.6. The predicted molar refractivity (Wildman–Crippen MR) is 113 cm³/mol. The lowest BCUT2D eigenvalue weighted by molar-refractivity contribution is -0.127. The summed E-state index contributed by atoms with van der Waals surface area (Å²) in [6, 6.07) is 7.19. The summed E-state index contributed by atoms with van der Waals surface area (Å²) in [6.07, 6.45) is 4.46. The number of carbonyl (C=O) groups excluding carboxylic acids is 1. The van der Waals surface area contributed by atoms with Gasteiger partial charge in [-0.15, -0.1) is 0 Å². The van der Waals surface area contributed by atoms with Gasteiger partial charge in [-0.2, -0.15) is 5.10 Å². The van der Waals surface area contributed by atoms with E-state index in [0.29, 0.717) is 10.0 Å². The Hall–Kier alpha value is -1.98. The molecule has 1 atom stereocenters. The van der Waals surface area contributed by atoms with Gasteiger partial charge >= 0.3 is 0 Å². The summed E-state index contributed by atoms with van der Waals surface area (Å²) < 4.78 is 1.88. The van der Waals surface area contributed by atoms with Gasteiger partial charge in [-0.3, -0.25) is 4.79 Å². The van der Waals surface area contributed by atoms with Crippen LogP contribution in [-0.2, 0) is 4.79 Å². The lowest BCUT2D eigenvalue weighted by Crippen LogP contribution is -2.38. The standard InChI is InChI=1S/C21H24Cl2N4O/c1-13-11-18-24-14(2)19(21(28)26-9-5-3-4-6-10-26)20(27(18)25-13)15-7-8-16(22)17(23)12-15/h7-8,11-12,20,24H,3-6,9-10H2,1-2H3. The normalized spacial score (nSPS) is 19.9. The van der Waals surface area contributed by atoms with Crippen molar-refractivity contribution in [2.75, 3.05) is 18.4 Å². The molecule has 1 N–H and O–H groups in total. The molecule has 1 amide bonds. The van der Waals surface area contributed by atoms with Crippen molar-refractivity contribution in [3.05, 3.63) is 56.8 Å². The van der Waals surface area contributed by atoms with Gasteiger partial charge in [0.1, 0.15) is 11.9 Å². The number of halogens is 2. The Kier molecular flexibility index (Phi) is 5.39. The number of rotatable bonds is 2. The van der Waals surface area contributed by atoms with Crippen molar-refractivity contribution in [3.63, 3.8) is 0 Å². The van der Waals surface area contributed by atoms with Crippen LogP contribution >= 0.6 is 23.2 Å². The molecular weight excluding hydrogens is 395 g/mol. The number of hydrogen-bond acceptors (Lipinski definition) is 3. The van der Waals surface area contributed by atoms with Gasteiger partial charge < -0.3 is 10.2 Å². The molecule has 148 valence electrons. The van der Waals surface area contributed by atoms with Crippen LogP contribution in [0, 0.1) is 6.92 Å². The van der Waals surface area contributed by atoms with E-state index in [-0.39, 0.29) is 11.9 Å². The Balaban J connectivity index is 1.81. The zero-order valence-corrected chi connectivity index (χ0v) is 17.6. The number of aryl methyl sites for hydroxylation is 1. The molecular formula is C21H24Cl2N4O. The third kappa shape index (κ3) is 3.53. The molecule has 1 saturated heterocycles. The molecule has 1 aromatic carbocycles. The Morgan fingerprint density at radius 3 is 2.46 bits per heavy atom. The first-order valence-electron chi connectivity index (χ1n) is 9.74. The van der Waals surface area contributed by atoms with Crippen LogP contribution in [0.5, 0.6) is 0 Å². The SMILES string of the molecule is CC1=C(C(=O)N2CCCCCC2)C(c2ccc(Cl)c(Cl)c2)n2nc(C)cc2N1. The topological polar surface area (TPSA) is 50.2 Å². The minimum Gasteiger partial charge on any atom is -0.344 e. The average Bonchev–Trinajstić information content (AvgIpc) is 2.86. The highest BCUT2D eigenvalue weighted by molar-refractivity contribution is 6.42. The smallest absolute Gasteiger partial charge is 0.254 e. The number of nitrogens with one attached hydrogen (secondary N) is 1. The maximum atomic E-state index is 13.6. The second kappa shape index (κ2) is 7.80. The molecule has 5 nitrogen and oxygen atoms in total. The second-order valence-electron chi connectivity index (χ2n) is 7.56. The van der Waals surface area contributed by atoms with Crippen LogP contribution in [0.15, 0.2) is 35.5 Å². The minimum atomic E-state index is -0.338. The number of carbonyl (C=O) groups is 1. The third-order valence-electron chi connectivity index (χ3n) is 5.48. The monoisotopic (exact) mass is 418 g/mol. The molecule has 1 fully saturated rings. The van der Waals surface area contributed by atoms with E-state index in [1.807, 2.05) is 41.6 Å². The van der Waals surface area contributed by atoms with E-state index in [9.17, 15) is 4.79 Å². The molecule has 1 aromatic heterocycles. The van der Waals surface area contributed by atoms with E-state index < -0.39 is 0 Å². The summed E-state index contributed by atoms with van der Waals surface area (Å²) in [5, 5.41) is 9.00. The molecule has 2 aliphatic heterocycles. The number of amides is 1. The van der Waals surface area contributed by atoms with Crippen LogP contribution < -0.4 is 5.32 Å². The number of anilines is 1. The lowest BCUT2D eigenvalue weighted by atomic mass is 9.94. The fourth-order valence-corrected chi connectivity index (χ4v) is 4.41. The van der Waals surface area contributed by atoms with Gasteiger partial charge in [0.15, 0.2) is 0 Å². The molecule has 28 heavy (non-hydrogen) atoms. The first-order chi connectivity index (χ1) is 13.5. The fourth-order valence-electron chi connectivity index (χ4n) is 4.11. The minimum absolute atomic E-state index is 0.0711. The lowest BCUT2D eigenvalue weighted by Gasteiger charge is -2.33. The summed E-state index contributed by atoms with van der Waals surface area (Å²) in [5.41, 5.74) is 3.37. The molecule has 2 aliphatic rings. The number of allylic oxidation sites excluding steroid dienone is 1. The van der Waals surface area contributed by atoms with Gasteiger partial charge in [0.25, 0.3) is 5.91 Å². The van der Waals surface area contributed by atoms with Crippen LogP contribution in [0.25, 0.3) is 0 Å². The van der Waals surface area contributed by atoms with Crippen molar-refractivity contribution >= 4 is 34.9 Å². The third-order valence-corrected chi connectivity index (χ3v) is 6.22. The number of nitrogens with zero attached hydrogens (tertiary/aromatic N) is 3. The maximum Gasteiger partial charge on any atom is 0.254 e. The van der Waals surface area contributed by atoms with E-state index in [2.05, 4.69) is 10.4 Å². The molecule has 1 unspecified atom stereocenters. The van der Waals surface area contributed by atoms with E-state index in [1.165, 1.54) is 12.8 Å². The van der Waals surface area contributed by atoms with E-state index in [1.54, 1.807) is 6.07 Å². The van der Waals surface area contributed by atoms with Gasteiger partial charge in [0.05, 0.1) is 21.3 Å². The number of aromatic nitrogens is 2. The summed E-state index contributed by atoms with van der Waals surface area (Å²) in [7, 11) is 0. The van der Waals surface area contributed by atoms with E-state index in [4.69, 9.17) is 23.2 Å². The number of likely N-dealkylation sites (tertiary alicyclic amines) is 1. The number of fused-ring (bicyclic) bond motifs is 1. The van der Waals surface area contributed by atoms with Crippen molar-refractivity contribution in [1.29, 1.82) is 0 Å². The molecule has 4 rings (SSSR count). The van der Waals surface area contributed by atoms with Crippen molar-refractivity contribution in [3.8, 4) is 0 Å². The quantitative estimate of drug-likeness (QED) is 0.729. The van der Waals surface area contributed by atoms with Crippen molar-refractivity contribution in [1.82, 2.24) is 14.7 Å². The molecule has 2 aromatic rings. The van der Waals surface area contributed by atoms with Crippen molar-refractivity contribution in [2.24, 2.45) is 0 Å². The molecule has 3 heterocycles. The Bertz CT molecular complexity index is 942. The molecule has 0 radical (unpaired) electrons. The Morgan fingerprint density at radius 1 is 1.07 bits per heavy atom. The molecule has 0 bridgehead atoms. The zero-order valence-electron chi connectivity index (χ0n) is 16.1. The van der Waals surface area contributed by atoms with Crippen molar-refractivity contribution < 1.29 is 4.79 Å². The second-order valence-corrected chi connectivity index (χ2v) is 8.38. The van der Waals surface area contributed by atoms with Crippen LogP contribution in [0.2, 0.25) is 10.0 Å².